The van der Waals surface area contributed by atoms with E-state index in [1.165, 1.54) is 24.3 Å². The van der Waals surface area contributed by atoms with Crippen LogP contribution in [0.25, 0.3) is 0 Å². The molecule has 0 heterocycles. The first kappa shape index (κ1) is 33.0. The van der Waals surface area contributed by atoms with Crippen LogP contribution in [0.4, 0.5) is 37.7 Å². The summed E-state index contributed by atoms with van der Waals surface area (Å²) in [4.78, 5) is 21.7. The molecule has 0 spiro atoms. The van der Waals surface area contributed by atoms with Crippen LogP contribution in [-0.4, -0.2) is 9.85 Å². The molecule has 18 heteroatoms. The summed E-state index contributed by atoms with van der Waals surface area (Å²) in [6, 6.07) is 11.6. The number of halogens is 8. The molecular formula is C26H12Cl2F6N2O6S2. The lowest BCUT2D eigenvalue weighted by Gasteiger charge is -2.12. The highest BCUT2D eigenvalue weighted by molar-refractivity contribution is 8.76. The molecule has 0 amide bonds. The van der Waals surface area contributed by atoms with Gasteiger partial charge < -0.3 is 9.47 Å². The summed E-state index contributed by atoms with van der Waals surface area (Å²) >= 11 is 11.9. The molecule has 0 bridgehead atoms. The summed E-state index contributed by atoms with van der Waals surface area (Å²) in [6.07, 6.45) is -9.29. The lowest BCUT2D eigenvalue weighted by molar-refractivity contribution is -0.388. The number of rotatable bonds is 9. The Balaban J connectivity index is 1.60. The van der Waals surface area contributed by atoms with Crippen molar-refractivity contribution in [3.8, 4) is 23.0 Å². The number of benzene rings is 4. The van der Waals surface area contributed by atoms with Crippen LogP contribution in [-0.2, 0) is 12.4 Å². The maximum absolute atomic E-state index is 12.9. The number of hydrogen-bond donors (Lipinski definition) is 0. The SMILES string of the molecule is O=[N+]([O-])c1ccc(Oc2ccc(C(F)(F)F)cc2Cl)cc1SSc1cc(Oc2ccc(C(F)(F)F)cc2Cl)ccc1[N+](=O)[O-]. The van der Waals surface area contributed by atoms with Crippen LogP contribution in [0.3, 0.4) is 0 Å². The number of ether oxygens (including phenoxy) is 2. The molecule has 4 aromatic carbocycles. The first-order valence-corrected chi connectivity index (χ1v) is 14.4. The Labute approximate surface area is 260 Å². The van der Waals surface area contributed by atoms with Gasteiger partial charge in [-0.15, -0.1) is 0 Å². The highest BCUT2D eigenvalue weighted by Gasteiger charge is 2.32. The maximum Gasteiger partial charge on any atom is 0.416 e. The van der Waals surface area contributed by atoms with Crippen molar-refractivity contribution in [1.82, 2.24) is 0 Å². The van der Waals surface area contributed by atoms with Gasteiger partial charge >= 0.3 is 12.4 Å². The van der Waals surface area contributed by atoms with E-state index < -0.39 is 44.7 Å². The second-order valence-electron chi connectivity index (χ2n) is 8.43. The van der Waals surface area contributed by atoms with Gasteiger partial charge in [0.15, 0.2) is 0 Å². The molecule has 0 N–H and O–H groups in total. The van der Waals surface area contributed by atoms with Crippen LogP contribution in [0.5, 0.6) is 23.0 Å². The molecular weight excluding hydrogens is 685 g/mol. The molecule has 230 valence electrons. The van der Waals surface area contributed by atoms with Crippen molar-refractivity contribution in [2.24, 2.45) is 0 Å². The van der Waals surface area contributed by atoms with Crippen molar-refractivity contribution < 1.29 is 45.7 Å². The summed E-state index contributed by atoms with van der Waals surface area (Å²) in [5.41, 5.74) is -2.86. The Morgan fingerprint density at radius 3 is 1.25 bits per heavy atom. The van der Waals surface area contributed by atoms with Gasteiger partial charge in [-0.1, -0.05) is 23.2 Å². The third-order valence-corrected chi connectivity index (χ3v) is 8.47. The number of nitro benzene ring substituents is 2. The Hall–Kier alpha value is -3.86. The largest absolute Gasteiger partial charge is 0.456 e. The van der Waals surface area contributed by atoms with E-state index in [4.69, 9.17) is 32.7 Å². The summed E-state index contributed by atoms with van der Waals surface area (Å²) < 4.78 is 88.8. The molecule has 0 aliphatic heterocycles. The topological polar surface area (TPSA) is 105 Å². The van der Waals surface area contributed by atoms with Crippen LogP contribution < -0.4 is 9.47 Å². The summed E-state index contributed by atoms with van der Waals surface area (Å²) in [7, 11) is 1.44. The second-order valence-corrected chi connectivity index (χ2v) is 11.5. The Morgan fingerprint density at radius 2 is 0.955 bits per heavy atom. The van der Waals surface area contributed by atoms with Crippen molar-refractivity contribution in [3.05, 3.63) is 114 Å². The van der Waals surface area contributed by atoms with Gasteiger partial charge in [0.1, 0.15) is 23.0 Å². The van der Waals surface area contributed by atoms with Crippen LogP contribution >= 0.6 is 44.8 Å². The van der Waals surface area contributed by atoms with Crippen molar-refractivity contribution in [2.45, 2.75) is 22.1 Å². The molecule has 4 aromatic rings. The molecule has 0 aliphatic carbocycles. The van der Waals surface area contributed by atoms with E-state index in [9.17, 15) is 46.6 Å². The van der Waals surface area contributed by atoms with Gasteiger partial charge in [0.05, 0.1) is 40.8 Å². The predicted octanol–water partition coefficient (Wildman–Crippen LogP) is 11.2. The van der Waals surface area contributed by atoms with E-state index in [-0.39, 0.29) is 42.8 Å². The van der Waals surface area contributed by atoms with Crippen molar-refractivity contribution >= 4 is 56.2 Å². The van der Waals surface area contributed by atoms with Gasteiger partial charge in [0.2, 0.25) is 0 Å². The summed E-state index contributed by atoms with van der Waals surface area (Å²) in [6.45, 7) is 0. The number of alkyl halides is 6. The lowest BCUT2D eigenvalue weighted by Crippen LogP contribution is -2.04. The third kappa shape index (κ3) is 7.99. The monoisotopic (exact) mass is 696 g/mol. The zero-order valence-electron chi connectivity index (χ0n) is 21.1. The van der Waals surface area contributed by atoms with E-state index >= 15 is 0 Å². The fraction of sp³-hybridized carbons (Fsp3) is 0.0769. The first-order valence-electron chi connectivity index (χ1n) is 11.5. The molecule has 0 saturated carbocycles. The smallest absolute Gasteiger partial charge is 0.416 e. The molecule has 0 aromatic heterocycles. The van der Waals surface area contributed by atoms with E-state index in [0.29, 0.717) is 12.1 Å². The van der Waals surface area contributed by atoms with Crippen LogP contribution in [0, 0.1) is 20.2 Å². The Morgan fingerprint density at radius 1 is 0.591 bits per heavy atom. The predicted molar refractivity (Wildman–Crippen MR) is 151 cm³/mol. The number of hydrogen-bond acceptors (Lipinski definition) is 8. The maximum atomic E-state index is 12.9. The minimum Gasteiger partial charge on any atom is -0.456 e. The average molecular weight is 697 g/mol. The van der Waals surface area contributed by atoms with E-state index in [1.807, 2.05) is 0 Å². The van der Waals surface area contributed by atoms with Crippen molar-refractivity contribution in [3.63, 3.8) is 0 Å². The quantitative estimate of drug-likeness (QED) is 0.0737. The molecule has 0 fully saturated rings. The molecule has 4 rings (SSSR count). The van der Waals surface area contributed by atoms with Gasteiger partial charge in [-0.3, -0.25) is 20.2 Å². The molecule has 0 unspecified atom stereocenters. The van der Waals surface area contributed by atoms with Crippen LogP contribution in [0.2, 0.25) is 10.0 Å². The van der Waals surface area contributed by atoms with Gasteiger partial charge in [0.25, 0.3) is 11.4 Å². The highest BCUT2D eigenvalue weighted by atomic mass is 35.5. The second kappa shape index (κ2) is 13.0. The number of nitro groups is 2. The fourth-order valence-electron chi connectivity index (χ4n) is 3.41. The first-order chi connectivity index (χ1) is 20.5. The highest BCUT2D eigenvalue weighted by Crippen LogP contribution is 2.48. The Kier molecular flexibility index (Phi) is 9.77. The van der Waals surface area contributed by atoms with E-state index in [0.717, 1.165) is 58.0 Å². The minimum atomic E-state index is -4.65. The normalized spacial score (nSPS) is 11.7. The zero-order valence-corrected chi connectivity index (χ0v) is 24.3. The van der Waals surface area contributed by atoms with E-state index in [1.54, 1.807) is 0 Å². The fourth-order valence-corrected chi connectivity index (χ4v) is 6.16. The zero-order chi connectivity index (χ0) is 32.4. The summed E-state index contributed by atoms with van der Waals surface area (Å²) in [5.74, 6) is -0.410. The van der Waals surface area contributed by atoms with Gasteiger partial charge in [-0.05, 0) is 70.1 Å². The lowest BCUT2D eigenvalue weighted by atomic mass is 10.2. The Bertz CT molecular complexity index is 1630. The van der Waals surface area contributed by atoms with Crippen LogP contribution in [0.1, 0.15) is 11.1 Å². The van der Waals surface area contributed by atoms with Gasteiger partial charge in [0, 0.05) is 24.3 Å². The van der Waals surface area contributed by atoms with Crippen LogP contribution in [0.15, 0.2) is 82.6 Å². The molecule has 0 atom stereocenters. The summed E-state index contributed by atoms with van der Waals surface area (Å²) in [5, 5.41) is 22.5. The van der Waals surface area contributed by atoms with Crippen molar-refractivity contribution in [2.75, 3.05) is 0 Å². The molecule has 0 aliphatic rings. The average Bonchev–Trinajstić information content (AvgIpc) is 2.93. The van der Waals surface area contributed by atoms with E-state index in [2.05, 4.69) is 0 Å². The standard InChI is InChI=1S/C26H12Cl2F6N2O6S2/c27-17-9-13(25(29,30)31)1-7-21(17)41-15-3-5-19(35(37)38)23(11-15)43-44-24-12-16(4-6-20(24)36(39)40)42-22-8-2-14(10-18(22)28)26(32,33)34/h1-12H. The molecule has 0 radical (unpaired) electrons. The molecule has 0 saturated heterocycles. The molecule has 8 nitrogen and oxygen atoms in total. The van der Waals surface area contributed by atoms with Gasteiger partial charge in [-0.25, -0.2) is 0 Å². The third-order valence-electron chi connectivity index (χ3n) is 5.45. The minimum absolute atomic E-state index is 0.0381. The van der Waals surface area contributed by atoms with Crippen molar-refractivity contribution in [1.29, 1.82) is 0 Å². The molecule has 44 heavy (non-hydrogen) atoms. The van der Waals surface area contributed by atoms with Gasteiger partial charge in [-0.2, -0.15) is 26.3 Å². The number of nitrogens with zero attached hydrogens (tertiary/aromatic N) is 2.